The van der Waals surface area contributed by atoms with Gasteiger partial charge < -0.3 is 10.3 Å². The van der Waals surface area contributed by atoms with E-state index in [-0.39, 0.29) is 0 Å². The first-order valence-electron chi connectivity index (χ1n) is 3.95. The van der Waals surface area contributed by atoms with Crippen molar-refractivity contribution in [2.45, 2.75) is 0 Å². The third kappa shape index (κ3) is 1.68. The zero-order chi connectivity index (χ0) is 9.26. The fourth-order valence-electron chi connectivity index (χ4n) is 1.25. The Hall–Kier alpha value is -1.41. The molecule has 66 valence electrons. The van der Waals surface area contributed by atoms with E-state index in [2.05, 4.69) is 0 Å². The van der Waals surface area contributed by atoms with Crippen LogP contribution in [0, 0.1) is 0 Å². The predicted octanol–water partition coefficient (Wildman–Crippen LogP) is 2.71. The fourth-order valence-corrected chi connectivity index (χ4v) is 1.49. The molecule has 2 nitrogen and oxygen atoms in total. The summed E-state index contributed by atoms with van der Waals surface area (Å²) in [7, 11) is 0. The molecule has 0 saturated heterocycles. The standard InChI is InChI=1S/C10H9ClN2/c11-8-5-9(12)7-10(6-8)13-3-1-2-4-13/h1-7H,12H2. The Balaban J connectivity index is 2.53. The lowest BCUT2D eigenvalue weighted by Crippen LogP contribution is -1.92. The van der Waals surface area contributed by atoms with Crippen LogP contribution in [0.4, 0.5) is 5.69 Å². The summed E-state index contributed by atoms with van der Waals surface area (Å²) < 4.78 is 1.96. The first kappa shape index (κ1) is 8.20. The van der Waals surface area contributed by atoms with Gasteiger partial charge in [-0.3, -0.25) is 0 Å². The van der Waals surface area contributed by atoms with Crippen LogP contribution in [0.25, 0.3) is 5.69 Å². The average molecular weight is 193 g/mol. The Morgan fingerprint density at radius 1 is 1.08 bits per heavy atom. The zero-order valence-corrected chi connectivity index (χ0v) is 7.70. The molecule has 0 atom stereocenters. The number of hydrogen-bond acceptors (Lipinski definition) is 1. The Kier molecular flexibility index (Phi) is 1.99. The lowest BCUT2D eigenvalue weighted by molar-refractivity contribution is 1.08. The number of rotatable bonds is 1. The van der Waals surface area contributed by atoms with Gasteiger partial charge in [-0.25, -0.2) is 0 Å². The average Bonchev–Trinajstić information content (AvgIpc) is 2.53. The first-order valence-corrected chi connectivity index (χ1v) is 4.33. The quantitative estimate of drug-likeness (QED) is 0.692. The van der Waals surface area contributed by atoms with Crippen LogP contribution in [-0.2, 0) is 0 Å². The summed E-state index contributed by atoms with van der Waals surface area (Å²) in [5.74, 6) is 0. The second-order valence-electron chi connectivity index (χ2n) is 2.83. The van der Waals surface area contributed by atoms with Gasteiger partial charge in [-0.15, -0.1) is 0 Å². The number of nitrogens with two attached hydrogens (primary N) is 1. The fraction of sp³-hybridized carbons (Fsp3) is 0. The molecule has 0 spiro atoms. The minimum atomic E-state index is 0.656. The molecule has 1 aromatic heterocycles. The van der Waals surface area contributed by atoms with Gasteiger partial charge in [0.2, 0.25) is 0 Å². The molecule has 1 aromatic carbocycles. The number of benzene rings is 1. The molecule has 3 heteroatoms. The molecular weight excluding hydrogens is 184 g/mol. The third-order valence-corrected chi connectivity index (χ3v) is 2.03. The van der Waals surface area contributed by atoms with Crippen molar-refractivity contribution >= 4 is 17.3 Å². The Bertz CT molecular complexity index is 387. The molecule has 0 fully saturated rings. The van der Waals surface area contributed by atoms with Crippen molar-refractivity contribution in [3.8, 4) is 5.69 Å². The monoisotopic (exact) mass is 192 g/mol. The van der Waals surface area contributed by atoms with Gasteiger partial charge in [0.05, 0.1) is 0 Å². The summed E-state index contributed by atoms with van der Waals surface area (Å²) in [6.07, 6.45) is 3.90. The molecule has 0 bridgehead atoms. The van der Waals surface area contributed by atoms with Gasteiger partial charge >= 0.3 is 0 Å². The highest BCUT2D eigenvalue weighted by Gasteiger charge is 1.97. The lowest BCUT2D eigenvalue weighted by atomic mass is 10.3. The van der Waals surface area contributed by atoms with E-state index in [0.29, 0.717) is 10.7 Å². The minimum absolute atomic E-state index is 0.656. The highest BCUT2D eigenvalue weighted by molar-refractivity contribution is 6.31. The largest absolute Gasteiger partial charge is 0.399 e. The molecule has 2 rings (SSSR count). The Morgan fingerprint density at radius 2 is 1.77 bits per heavy atom. The van der Waals surface area contributed by atoms with Crippen molar-refractivity contribution in [1.82, 2.24) is 4.57 Å². The minimum Gasteiger partial charge on any atom is -0.399 e. The molecule has 0 radical (unpaired) electrons. The first-order chi connectivity index (χ1) is 6.25. The van der Waals surface area contributed by atoms with E-state index < -0.39 is 0 Å². The molecule has 0 saturated carbocycles. The molecule has 0 unspecified atom stereocenters. The highest BCUT2D eigenvalue weighted by Crippen LogP contribution is 2.19. The van der Waals surface area contributed by atoms with Crippen LogP contribution in [0.1, 0.15) is 0 Å². The molecular formula is C10H9ClN2. The smallest absolute Gasteiger partial charge is 0.0484 e. The second kappa shape index (κ2) is 3.15. The van der Waals surface area contributed by atoms with Crippen LogP contribution < -0.4 is 5.73 Å². The Labute approximate surface area is 81.6 Å². The summed E-state index contributed by atoms with van der Waals surface area (Å²) in [6.45, 7) is 0. The van der Waals surface area contributed by atoms with E-state index in [0.717, 1.165) is 5.69 Å². The van der Waals surface area contributed by atoms with Gasteiger partial charge in [-0.2, -0.15) is 0 Å². The van der Waals surface area contributed by atoms with Crippen molar-refractivity contribution in [3.63, 3.8) is 0 Å². The number of aromatic nitrogens is 1. The van der Waals surface area contributed by atoms with E-state index in [9.17, 15) is 0 Å². The normalized spacial score (nSPS) is 10.2. The van der Waals surface area contributed by atoms with Gasteiger partial charge in [-0.05, 0) is 30.3 Å². The van der Waals surface area contributed by atoms with Crippen LogP contribution in [0.5, 0.6) is 0 Å². The van der Waals surface area contributed by atoms with Crippen LogP contribution in [0.3, 0.4) is 0 Å². The summed E-state index contributed by atoms with van der Waals surface area (Å²) in [5.41, 5.74) is 7.33. The number of anilines is 1. The molecule has 0 aliphatic carbocycles. The molecule has 0 amide bonds. The highest BCUT2D eigenvalue weighted by atomic mass is 35.5. The van der Waals surface area contributed by atoms with Crippen molar-refractivity contribution in [2.24, 2.45) is 0 Å². The van der Waals surface area contributed by atoms with Gasteiger partial charge in [0.1, 0.15) is 0 Å². The van der Waals surface area contributed by atoms with Crippen molar-refractivity contribution in [2.75, 3.05) is 5.73 Å². The predicted molar refractivity (Wildman–Crippen MR) is 55.2 cm³/mol. The molecule has 0 aliphatic rings. The van der Waals surface area contributed by atoms with Crippen molar-refractivity contribution in [1.29, 1.82) is 0 Å². The van der Waals surface area contributed by atoms with Crippen LogP contribution in [-0.4, -0.2) is 4.57 Å². The van der Waals surface area contributed by atoms with Crippen LogP contribution in [0.2, 0.25) is 5.02 Å². The lowest BCUT2D eigenvalue weighted by Gasteiger charge is -2.04. The zero-order valence-electron chi connectivity index (χ0n) is 6.94. The maximum absolute atomic E-state index is 5.87. The number of hydrogen-bond donors (Lipinski definition) is 1. The van der Waals surface area contributed by atoms with Gasteiger partial charge in [0.25, 0.3) is 0 Å². The van der Waals surface area contributed by atoms with E-state index >= 15 is 0 Å². The van der Waals surface area contributed by atoms with Crippen LogP contribution >= 0.6 is 11.6 Å². The molecule has 2 N–H and O–H groups in total. The van der Waals surface area contributed by atoms with Gasteiger partial charge in [-0.1, -0.05) is 11.6 Å². The number of halogens is 1. The van der Waals surface area contributed by atoms with E-state index in [1.54, 1.807) is 6.07 Å². The Morgan fingerprint density at radius 3 is 2.38 bits per heavy atom. The summed E-state index contributed by atoms with van der Waals surface area (Å²) in [4.78, 5) is 0. The second-order valence-corrected chi connectivity index (χ2v) is 3.27. The summed E-state index contributed by atoms with van der Waals surface area (Å²) in [5, 5.41) is 0.656. The molecule has 1 heterocycles. The van der Waals surface area contributed by atoms with E-state index in [1.165, 1.54) is 0 Å². The van der Waals surface area contributed by atoms with Gasteiger partial charge in [0.15, 0.2) is 0 Å². The third-order valence-electron chi connectivity index (χ3n) is 1.81. The maximum atomic E-state index is 5.87. The van der Waals surface area contributed by atoms with Crippen molar-refractivity contribution < 1.29 is 0 Å². The van der Waals surface area contributed by atoms with Crippen LogP contribution in [0.15, 0.2) is 42.7 Å². The topological polar surface area (TPSA) is 30.9 Å². The summed E-state index contributed by atoms with van der Waals surface area (Å²) >= 11 is 5.87. The number of nitrogen functional groups attached to an aromatic ring is 1. The summed E-state index contributed by atoms with van der Waals surface area (Å²) in [6, 6.07) is 9.40. The van der Waals surface area contributed by atoms with Crippen molar-refractivity contribution in [3.05, 3.63) is 47.7 Å². The maximum Gasteiger partial charge on any atom is 0.0484 e. The molecule has 2 aromatic rings. The number of nitrogens with zero attached hydrogens (tertiary/aromatic N) is 1. The molecule has 13 heavy (non-hydrogen) atoms. The van der Waals surface area contributed by atoms with Gasteiger partial charge in [0, 0.05) is 28.8 Å². The molecule has 0 aliphatic heterocycles. The SMILES string of the molecule is Nc1cc(Cl)cc(-n2cccc2)c1. The van der Waals surface area contributed by atoms with E-state index in [4.69, 9.17) is 17.3 Å². The van der Waals surface area contributed by atoms with E-state index in [1.807, 2.05) is 41.2 Å².